The second kappa shape index (κ2) is 10.6. The lowest BCUT2D eigenvalue weighted by atomic mass is 10.0. The first-order chi connectivity index (χ1) is 11.7. The van der Waals surface area contributed by atoms with Gasteiger partial charge in [-0.3, -0.25) is 4.79 Å². The number of ether oxygens (including phenoxy) is 4. The third-order valence-electron chi connectivity index (χ3n) is 3.90. The summed E-state index contributed by atoms with van der Waals surface area (Å²) in [6.07, 6.45) is 7.49. The average Bonchev–Trinajstić information content (AvgIpc) is 2.78. The van der Waals surface area contributed by atoms with Crippen LogP contribution in [0.4, 0.5) is 0 Å². The summed E-state index contributed by atoms with van der Waals surface area (Å²) in [5, 5.41) is 0. The maximum Gasteiger partial charge on any atom is 0.330 e. The third kappa shape index (κ3) is 9.02. The van der Waals surface area contributed by atoms with Gasteiger partial charge in [0.1, 0.15) is 6.10 Å². The lowest BCUT2D eigenvalue weighted by molar-refractivity contribution is -0.145. The molecule has 1 saturated heterocycles. The van der Waals surface area contributed by atoms with Gasteiger partial charge in [0.25, 0.3) is 0 Å². The molecule has 1 rings (SSSR count). The van der Waals surface area contributed by atoms with E-state index in [9.17, 15) is 9.59 Å². The van der Waals surface area contributed by atoms with Crippen molar-refractivity contribution in [3.8, 4) is 0 Å². The first-order valence-corrected chi connectivity index (χ1v) is 9.11. The highest BCUT2D eigenvalue weighted by Gasteiger charge is 2.39. The highest BCUT2D eigenvalue weighted by molar-refractivity contribution is 5.81. The Morgan fingerprint density at radius 3 is 2.56 bits per heavy atom. The van der Waals surface area contributed by atoms with Gasteiger partial charge >= 0.3 is 11.9 Å². The van der Waals surface area contributed by atoms with E-state index in [2.05, 4.69) is 0 Å². The molecule has 0 aromatic heterocycles. The van der Waals surface area contributed by atoms with E-state index >= 15 is 0 Å². The second-order valence-corrected chi connectivity index (χ2v) is 6.81. The number of esters is 2. The summed E-state index contributed by atoms with van der Waals surface area (Å²) in [5.41, 5.74) is 0. The number of hydrogen-bond donors (Lipinski definition) is 0. The quantitative estimate of drug-likeness (QED) is 0.339. The Labute approximate surface area is 150 Å². The summed E-state index contributed by atoms with van der Waals surface area (Å²) < 4.78 is 21.8. The molecule has 0 bridgehead atoms. The Morgan fingerprint density at radius 2 is 1.92 bits per heavy atom. The van der Waals surface area contributed by atoms with E-state index in [4.69, 9.17) is 18.9 Å². The van der Waals surface area contributed by atoms with Crippen LogP contribution < -0.4 is 0 Å². The number of carbonyl (C=O) groups is 2. The normalized spacial score (nSPS) is 23.6. The minimum absolute atomic E-state index is 0.0391. The first-order valence-electron chi connectivity index (χ1n) is 9.11. The van der Waals surface area contributed by atoms with Crippen LogP contribution in [0.1, 0.15) is 66.7 Å². The monoisotopic (exact) mass is 356 g/mol. The van der Waals surface area contributed by atoms with Crippen LogP contribution in [0.15, 0.2) is 12.2 Å². The Morgan fingerprint density at radius 1 is 1.20 bits per heavy atom. The van der Waals surface area contributed by atoms with Gasteiger partial charge in [-0.15, -0.1) is 0 Å². The molecule has 6 nitrogen and oxygen atoms in total. The molecule has 144 valence electrons. The van der Waals surface area contributed by atoms with Gasteiger partial charge in [0.05, 0.1) is 18.8 Å². The largest absolute Gasteiger partial charge is 0.463 e. The zero-order chi connectivity index (χ0) is 18.9. The molecule has 0 aliphatic carbocycles. The van der Waals surface area contributed by atoms with Crippen molar-refractivity contribution in [2.45, 2.75) is 90.8 Å². The number of rotatable bonds is 10. The van der Waals surface area contributed by atoms with Gasteiger partial charge in [-0.25, -0.2) is 4.79 Å². The van der Waals surface area contributed by atoms with Crippen molar-refractivity contribution in [2.75, 3.05) is 6.61 Å². The van der Waals surface area contributed by atoms with Crippen LogP contribution in [0, 0.1) is 0 Å². The first kappa shape index (κ1) is 21.6. The maximum absolute atomic E-state index is 11.5. The Hall–Kier alpha value is -1.40. The van der Waals surface area contributed by atoms with E-state index in [1.165, 1.54) is 13.0 Å². The van der Waals surface area contributed by atoms with E-state index in [0.29, 0.717) is 6.61 Å². The molecule has 0 spiro atoms. The molecule has 25 heavy (non-hydrogen) atoms. The van der Waals surface area contributed by atoms with Gasteiger partial charge < -0.3 is 18.9 Å². The van der Waals surface area contributed by atoms with E-state index < -0.39 is 5.79 Å². The standard InChI is InChI=1S/C19H32O6/c1-6-22-18(21)13-12-17-16(24-19(4,5)25-17)11-9-7-8-10-14(2)23-15(3)20/h12-14,16-17H,6-11H2,1-5H3/b13-12+/t14-,16+,17-/m0/s1. The smallest absolute Gasteiger partial charge is 0.330 e. The number of hydrogen-bond acceptors (Lipinski definition) is 6. The van der Waals surface area contributed by atoms with Gasteiger partial charge in [0.15, 0.2) is 5.79 Å². The minimum Gasteiger partial charge on any atom is -0.463 e. The highest BCUT2D eigenvalue weighted by atomic mass is 16.7. The van der Waals surface area contributed by atoms with Crippen molar-refractivity contribution in [1.82, 2.24) is 0 Å². The minimum atomic E-state index is -0.655. The molecule has 0 aromatic carbocycles. The summed E-state index contributed by atoms with van der Waals surface area (Å²) in [5.74, 6) is -1.26. The SMILES string of the molecule is CCOC(=O)/C=C/[C@@H]1OC(C)(C)O[C@@H]1CCCCC[C@H](C)OC(C)=O. The fourth-order valence-electron chi connectivity index (χ4n) is 2.91. The van der Waals surface area contributed by atoms with E-state index in [1.807, 2.05) is 20.8 Å². The van der Waals surface area contributed by atoms with Crippen LogP contribution in [0.3, 0.4) is 0 Å². The van der Waals surface area contributed by atoms with Crippen molar-refractivity contribution in [3.05, 3.63) is 12.2 Å². The molecular weight excluding hydrogens is 324 g/mol. The number of carbonyl (C=O) groups excluding carboxylic acids is 2. The summed E-state index contributed by atoms with van der Waals surface area (Å²) in [6.45, 7) is 9.21. The number of unbranched alkanes of at least 4 members (excludes halogenated alkanes) is 2. The van der Waals surface area contributed by atoms with Gasteiger partial charge in [0.2, 0.25) is 0 Å². The van der Waals surface area contributed by atoms with Crippen LogP contribution in [-0.4, -0.2) is 42.6 Å². The van der Waals surface area contributed by atoms with E-state index in [0.717, 1.165) is 32.1 Å². The predicted molar refractivity (Wildman–Crippen MR) is 93.9 cm³/mol. The zero-order valence-electron chi connectivity index (χ0n) is 16.1. The van der Waals surface area contributed by atoms with Crippen molar-refractivity contribution >= 4 is 11.9 Å². The molecule has 6 heteroatoms. The van der Waals surface area contributed by atoms with Gasteiger partial charge in [-0.1, -0.05) is 12.8 Å². The second-order valence-electron chi connectivity index (χ2n) is 6.81. The average molecular weight is 356 g/mol. The molecule has 1 fully saturated rings. The van der Waals surface area contributed by atoms with Crippen LogP contribution in [0.2, 0.25) is 0 Å². The van der Waals surface area contributed by atoms with Crippen LogP contribution >= 0.6 is 0 Å². The summed E-state index contributed by atoms with van der Waals surface area (Å²) in [7, 11) is 0. The predicted octanol–water partition coefficient (Wildman–Crippen LogP) is 3.53. The van der Waals surface area contributed by atoms with Gasteiger partial charge in [-0.2, -0.15) is 0 Å². The Balaban J connectivity index is 2.36. The van der Waals surface area contributed by atoms with E-state index in [-0.39, 0.29) is 30.3 Å². The fraction of sp³-hybridized carbons (Fsp3) is 0.789. The van der Waals surface area contributed by atoms with Gasteiger partial charge in [0, 0.05) is 13.0 Å². The van der Waals surface area contributed by atoms with Crippen molar-refractivity contribution in [1.29, 1.82) is 0 Å². The molecule has 0 aromatic rings. The fourth-order valence-corrected chi connectivity index (χ4v) is 2.91. The molecule has 0 N–H and O–H groups in total. The summed E-state index contributed by atoms with van der Waals surface area (Å²) in [4.78, 5) is 22.3. The Bertz CT molecular complexity index is 457. The van der Waals surface area contributed by atoms with Crippen LogP contribution in [0.25, 0.3) is 0 Å². The van der Waals surface area contributed by atoms with Gasteiger partial charge in [-0.05, 0) is 53.0 Å². The summed E-state index contributed by atoms with van der Waals surface area (Å²) >= 11 is 0. The molecule has 0 unspecified atom stereocenters. The molecule has 3 atom stereocenters. The molecule has 1 heterocycles. The molecule has 0 saturated carbocycles. The van der Waals surface area contributed by atoms with Crippen molar-refractivity contribution in [3.63, 3.8) is 0 Å². The van der Waals surface area contributed by atoms with Crippen LogP contribution in [-0.2, 0) is 28.5 Å². The van der Waals surface area contributed by atoms with Crippen molar-refractivity contribution < 1.29 is 28.5 Å². The molecule has 1 aliphatic heterocycles. The summed E-state index contributed by atoms with van der Waals surface area (Å²) in [6, 6.07) is 0. The van der Waals surface area contributed by atoms with Crippen LogP contribution in [0.5, 0.6) is 0 Å². The molecule has 0 amide bonds. The maximum atomic E-state index is 11.5. The lowest BCUT2D eigenvalue weighted by Crippen LogP contribution is -2.21. The molecule has 1 aliphatic rings. The Kier molecular flexibility index (Phi) is 9.14. The molecular formula is C19H32O6. The zero-order valence-corrected chi connectivity index (χ0v) is 16.1. The highest BCUT2D eigenvalue weighted by Crippen LogP contribution is 2.31. The molecule has 0 radical (unpaired) electrons. The third-order valence-corrected chi connectivity index (χ3v) is 3.90. The topological polar surface area (TPSA) is 71.1 Å². The van der Waals surface area contributed by atoms with E-state index in [1.54, 1.807) is 13.0 Å². The van der Waals surface area contributed by atoms with Crippen molar-refractivity contribution in [2.24, 2.45) is 0 Å². The lowest BCUT2D eigenvalue weighted by Gasteiger charge is -2.16.